The largest absolute Gasteiger partial charge is 0.354 e. The van der Waals surface area contributed by atoms with E-state index in [9.17, 15) is 18.0 Å². The molecule has 0 heterocycles. The molecule has 39 heavy (non-hydrogen) atoms. The predicted octanol–water partition coefficient (Wildman–Crippen LogP) is 5.57. The maximum absolute atomic E-state index is 14.0. The van der Waals surface area contributed by atoms with E-state index in [1.807, 2.05) is 45.0 Å². The summed E-state index contributed by atoms with van der Waals surface area (Å²) in [6.07, 6.45) is 2.12. The van der Waals surface area contributed by atoms with Gasteiger partial charge in [0, 0.05) is 13.1 Å². The van der Waals surface area contributed by atoms with Crippen molar-refractivity contribution in [3.8, 4) is 0 Å². The summed E-state index contributed by atoms with van der Waals surface area (Å²) in [5.41, 5.74) is 2.09. The van der Waals surface area contributed by atoms with Gasteiger partial charge in [0.1, 0.15) is 12.6 Å². The Kier molecular flexibility index (Phi) is 10.9. The van der Waals surface area contributed by atoms with Gasteiger partial charge in [0.05, 0.1) is 15.6 Å². The van der Waals surface area contributed by atoms with Gasteiger partial charge in [-0.3, -0.25) is 13.9 Å². The van der Waals surface area contributed by atoms with Gasteiger partial charge in [-0.05, 0) is 49.6 Å². The van der Waals surface area contributed by atoms with Crippen molar-refractivity contribution in [1.29, 1.82) is 0 Å². The van der Waals surface area contributed by atoms with E-state index in [0.29, 0.717) is 13.0 Å². The van der Waals surface area contributed by atoms with E-state index in [1.165, 1.54) is 17.0 Å². The quantitative estimate of drug-likeness (QED) is 0.273. The third-order valence-electron chi connectivity index (χ3n) is 6.42. The fourth-order valence-corrected chi connectivity index (χ4v) is 5.94. The highest BCUT2D eigenvalue weighted by molar-refractivity contribution is 7.92. The SMILES string of the molecule is CCCCNC(=O)[C@H](CC)N(Cc1ccc(C)cc1)C(=O)CN(c1ccccc1Cl)S(=O)(=O)c1ccccc1. The maximum Gasteiger partial charge on any atom is 0.264 e. The molecule has 0 saturated carbocycles. The second-order valence-corrected chi connectivity index (χ2v) is 11.6. The fraction of sp³-hybridized carbons (Fsp3) is 0.333. The van der Waals surface area contributed by atoms with Gasteiger partial charge in [0.15, 0.2) is 0 Å². The van der Waals surface area contributed by atoms with Crippen molar-refractivity contribution in [2.45, 2.75) is 57.5 Å². The lowest BCUT2D eigenvalue weighted by Crippen LogP contribution is -2.52. The van der Waals surface area contributed by atoms with Crippen molar-refractivity contribution in [1.82, 2.24) is 10.2 Å². The van der Waals surface area contributed by atoms with Crippen LogP contribution in [0.15, 0.2) is 83.8 Å². The number of para-hydroxylation sites is 1. The second kappa shape index (κ2) is 14.1. The van der Waals surface area contributed by atoms with Crippen LogP contribution in [-0.4, -0.2) is 44.3 Å². The fourth-order valence-electron chi connectivity index (χ4n) is 4.20. The van der Waals surface area contributed by atoms with E-state index >= 15 is 0 Å². The number of aryl methyl sites for hydroxylation is 1. The minimum atomic E-state index is -4.15. The first-order chi connectivity index (χ1) is 18.7. The normalized spacial score (nSPS) is 12.0. The summed E-state index contributed by atoms with van der Waals surface area (Å²) in [5.74, 6) is -0.769. The molecule has 0 radical (unpaired) electrons. The van der Waals surface area contributed by atoms with Crippen LogP contribution in [0.1, 0.15) is 44.2 Å². The van der Waals surface area contributed by atoms with E-state index in [0.717, 1.165) is 28.3 Å². The monoisotopic (exact) mass is 569 g/mol. The Labute approximate surface area is 236 Å². The van der Waals surface area contributed by atoms with Gasteiger partial charge in [-0.2, -0.15) is 0 Å². The summed E-state index contributed by atoms with van der Waals surface area (Å²) >= 11 is 6.44. The zero-order valence-corrected chi connectivity index (χ0v) is 24.2. The van der Waals surface area contributed by atoms with Crippen LogP contribution in [0.5, 0.6) is 0 Å². The van der Waals surface area contributed by atoms with Gasteiger partial charge in [-0.25, -0.2) is 8.42 Å². The molecule has 0 unspecified atom stereocenters. The van der Waals surface area contributed by atoms with E-state index in [1.54, 1.807) is 42.5 Å². The Morgan fingerprint density at radius 1 is 0.923 bits per heavy atom. The number of anilines is 1. The van der Waals surface area contributed by atoms with Crippen LogP contribution in [0, 0.1) is 6.92 Å². The summed E-state index contributed by atoms with van der Waals surface area (Å²) in [6.45, 7) is 5.98. The number of unbranched alkanes of at least 4 members (excludes halogenated alkanes) is 1. The number of nitrogens with zero attached hydrogens (tertiary/aromatic N) is 2. The van der Waals surface area contributed by atoms with Gasteiger partial charge in [-0.1, -0.05) is 92.0 Å². The molecule has 3 rings (SSSR count). The average Bonchev–Trinajstić information content (AvgIpc) is 2.93. The molecule has 0 bridgehead atoms. The topological polar surface area (TPSA) is 86.8 Å². The van der Waals surface area contributed by atoms with Crippen LogP contribution in [-0.2, 0) is 26.2 Å². The maximum atomic E-state index is 14.0. The minimum Gasteiger partial charge on any atom is -0.354 e. The molecule has 0 spiro atoms. The van der Waals surface area contributed by atoms with Crippen LogP contribution < -0.4 is 9.62 Å². The highest BCUT2D eigenvalue weighted by Crippen LogP contribution is 2.30. The van der Waals surface area contributed by atoms with Crippen molar-refractivity contribution in [2.75, 3.05) is 17.4 Å². The number of hydrogen-bond donors (Lipinski definition) is 1. The van der Waals surface area contributed by atoms with Gasteiger partial charge in [-0.15, -0.1) is 0 Å². The molecule has 9 heteroatoms. The van der Waals surface area contributed by atoms with E-state index in [4.69, 9.17) is 11.6 Å². The van der Waals surface area contributed by atoms with Crippen LogP contribution in [0.4, 0.5) is 5.69 Å². The van der Waals surface area contributed by atoms with Crippen molar-refractivity contribution in [3.05, 3.63) is 95.0 Å². The minimum absolute atomic E-state index is 0.0344. The first-order valence-corrected chi connectivity index (χ1v) is 15.0. The Morgan fingerprint density at radius 2 is 1.56 bits per heavy atom. The van der Waals surface area contributed by atoms with Crippen molar-refractivity contribution >= 4 is 39.1 Å². The molecular formula is C30H36ClN3O4S. The predicted molar refractivity (Wildman–Crippen MR) is 156 cm³/mol. The smallest absolute Gasteiger partial charge is 0.264 e. The molecule has 0 aliphatic heterocycles. The molecule has 2 amide bonds. The summed E-state index contributed by atoms with van der Waals surface area (Å²) in [5, 5.41) is 3.12. The number of benzene rings is 3. The number of carbonyl (C=O) groups is 2. The van der Waals surface area contributed by atoms with Crippen molar-refractivity contribution < 1.29 is 18.0 Å². The summed E-state index contributed by atoms with van der Waals surface area (Å²) in [4.78, 5) is 28.7. The lowest BCUT2D eigenvalue weighted by Gasteiger charge is -2.33. The zero-order valence-electron chi connectivity index (χ0n) is 22.6. The number of carbonyl (C=O) groups excluding carboxylic acids is 2. The van der Waals surface area contributed by atoms with Crippen LogP contribution >= 0.6 is 11.6 Å². The van der Waals surface area contributed by atoms with E-state index in [2.05, 4.69) is 5.32 Å². The van der Waals surface area contributed by atoms with Crippen LogP contribution in [0.2, 0.25) is 5.02 Å². The van der Waals surface area contributed by atoms with Gasteiger partial charge < -0.3 is 10.2 Å². The molecule has 0 saturated heterocycles. The molecule has 0 aromatic heterocycles. The third kappa shape index (κ3) is 7.83. The first kappa shape index (κ1) is 30.2. The average molecular weight is 570 g/mol. The molecule has 7 nitrogen and oxygen atoms in total. The van der Waals surface area contributed by atoms with Gasteiger partial charge >= 0.3 is 0 Å². The Morgan fingerprint density at radius 3 is 2.18 bits per heavy atom. The molecule has 0 aliphatic carbocycles. The number of halogens is 1. The standard InChI is InChI=1S/C30H36ClN3O4S/c1-4-6-20-32-30(36)27(5-2)33(21-24-18-16-23(3)17-19-24)29(35)22-34(28-15-11-10-14-26(28)31)39(37,38)25-12-8-7-9-13-25/h7-19,27H,4-6,20-22H2,1-3H3,(H,32,36)/t27-/m0/s1. The van der Waals surface area contributed by atoms with E-state index < -0.39 is 28.5 Å². The molecule has 0 fully saturated rings. The van der Waals surface area contributed by atoms with Crippen LogP contribution in [0.3, 0.4) is 0 Å². The number of sulfonamides is 1. The van der Waals surface area contributed by atoms with E-state index in [-0.39, 0.29) is 28.1 Å². The molecule has 208 valence electrons. The lowest BCUT2D eigenvalue weighted by atomic mass is 10.1. The number of hydrogen-bond acceptors (Lipinski definition) is 4. The number of amides is 2. The summed E-state index contributed by atoms with van der Waals surface area (Å²) < 4.78 is 28.6. The Hall–Kier alpha value is -3.36. The highest BCUT2D eigenvalue weighted by atomic mass is 35.5. The molecular weight excluding hydrogens is 534 g/mol. The summed E-state index contributed by atoms with van der Waals surface area (Å²) in [6, 6.07) is 21.3. The molecule has 3 aromatic rings. The van der Waals surface area contributed by atoms with Crippen molar-refractivity contribution in [2.24, 2.45) is 0 Å². The Balaban J connectivity index is 2.03. The molecule has 1 atom stereocenters. The van der Waals surface area contributed by atoms with Gasteiger partial charge in [0.25, 0.3) is 10.0 Å². The van der Waals surface area contributed by atoms with Gasteiger partial charge in [0.2, 0.25) is 11.8 Å². The highest BCUT2D eigenvalue weighted by Gasteiger charge is 2.34. The Bertz CT molecular complexity index is 1350. The summed E-state index contributed by atoms with van der Waals surface area (Å²) in [7, 11) is -4.15. The zero-order chi connectivity index (χ0) is 28.4. The molecule has 0 aliphatic rings. The first-order valence-electron chi connectivity index (χ1n) is 13.1. The lowest BCUT2D eigenvalue weighted by molar-refractivity contribution is -0.140. The number of nitrogens with one attached hydrogen (secondary N) is 1. The molecule has 1 N–H and O–H groups in total. The second-order valence-electron chi connectivity index (χ2n) is 9.35. The van der Waals surface area contributed by atoms with Crippen LogP contribution in [0.25, 0.3) is 0 Å². The molecule has 3 aromatic carbocycles. The third-order valence-corrected chi connectivity index (χ3v) is 8.51. The number of rotatable bonds is 13. The van der Waals surface area contributed by atoms with Crippen molar-refractivity contribution in [3.63, 3.8) is 0 Å².